The van der Waals surface area contributed by atoms with Gasteiger partial charge in [-0.25, -0.2) is 4.98 Å². The van der Waals surface area contributed by atoms with Crippen molar-refractivity contribution in [3.63, 3.8) is 0 Å². The van der Waals surface area contributed by atoms with Gasteiger partial charge in [-0.3, -0.25) is 0 Å². The average Bonchev–Trinajstić information content (AvgIpc) is 2.70. The van der Waals surface area contributed by atoms with Crippen LogP contribution in [-0.2, 0) is 15.0 Å². The molecule has 1 rings (SSSR count). The molecule has 0 fully saturated rings. The number of thiazole rings is 1. The Kier molecular flexibility index (Phi) is 6.13. The first-order valence-corrected chi connectivity index (χ1v) is 7.79. The van der Waals surface area contributed by atoms with Crippen LogP contribution in [0.2, 0.25) is 0 Å². The second-order valence-corrected chi connectivity index (χ2v) is 7.26. The van der Waals surface area contributed by atoms with Gasteiger partial charge < -0.3 is 14.8 Å². The van der Waals surface area contributed by atoms with Crippen molar-refractivity contribution >= 4 is 11.3 Å². The molecule has 0 spiro atoms. The summed E-state index contributed by atoms with van der Waals surface area (Å²) in [6.07, 6.45) is 0.854. The van der Waals surface area contributed by atoms with Crippen LogP contribution in [0.15, 0.2) is 0 Å². The molecule has 1 aromatic heterocycles. The molecule has 0 aliphatic carbocycles. The quantitative estimate of drug-likeness (QED) is 0.750. The lowest BCUT2D eigenvalue weighted by Crippen LogP contribution is -2.46. The molecular weight excluding hydrogens is 272 g/mol. The van der Waals surface area contributed by atoms with Gasteiger partial charge in [0, 0.05) is 32.1 Å². The molecule has 5 heteroatoms. The minimum Gasteiger partial charge on any atom is -0.383 e. The molecular formula is C15H28N2O2S. The summed E-state index contributed by atoms with van der Waals surface area (Å²) in [5.41, 5.74) is 0.698. The van der Waals surface area contributed by atoms with Gasteiger partial charge in [0.15, 0.2) is 0 Å². The third-order valence-electron chi connectivity index (χ3n) is 3.65. The smallest absolute Gasteiger partial charge is 0.113 e. The molecule has 0 saturated heterocycles. The number of ether oxygens (including phenoxy) is 2. The molecule has 116 valence electrons. The molecule has 1 N–H and O–H groups in total. The molecule has 0 amide bonds. The molecule has 0 saturated carbocycles. The zero-order chi connectivity index (χ0) is 15.4. The number of methoxy groups -OCH3 is 2. The minimum atomic E-state index is -0.207. The highest BCUT2D eigenvalue weighted by molar-refractivity contribution is 7.11. The van der Waals surface area contributed by atoms with Crippen LogP contribution in [0.25, 0.3) is 0 Å². The van der Waals surface area contributed by atoms with Crippen molar-refractivity contribution in [2.45, 2.75) is 52.2 Å². The molecule has 0 aromatic carbocycles. The zero-order valence-corrected chi connectivity index (χ0v) is 14.6. The molecule has 0 aliphatic heterocycles. The normalized spacial score (nSPS) is 15.3. The lowest BCUT2D eigenvalue weighted by molar-refractivity contribution is -0.00815. The van der Waals surface area contributed by atoms with Crippen LogP contribution in [-0.4, -0.2) is 38.0 Å². The van der Waals surface area contributed by atoms with Crippen molar-refractivity contribution in [1.82, 2.24) is 10.3 Å². The van der Waals surface area contributed by atoms with Crippen molar-refractivity contribution in [3.8, 4) is 0 Å². The van der Waals surface area contributed by atoms with E-state index in [2.05, 4.69) is 39.9 Å². The Morgan fingerprint density at radius 1 is 1.20 bits per heavy atom. The molecule has 0 radical (unpaired) electrons. The summed E-state index contributed by atoms with van der Waals surface area (Å²) in [4.78, 5) is 6.01. The topological polar surface area (TPSA) is 43.4 Å². The van der Waals surface area contributed by atoms with Crippen LogP contribution < -0.4 is 5.32 Å². The van der Waals surface area contributed by atoms with Crippen LogP contribution in [0, 0.1) is 13.8 Å². The van der Waals surface area contributed by atoms with E-state index in [0.717, 1.165) is 23.7 Å². The highest BCUT2D eigenvalue weighted by Gasteiger charge is 2.36. The SMILES string of the molecule is COCCNC(C)(CC(C)(C)OC)c1nc(C)c(C)s1. The van der Waals surface area contributed by atoms with Crippen LogP contribution >= 0.6 is 11.3 Å². The van der Waals surface area contributed by atoms with Crippen LogP contribution in [0.4, 0.5) is 0 Å². The summed E-state index contributed by atoms with van der Waals surface area (Å²) < 4.78 is 10.8. The summed E-state index contributed by atoms with van der Waals surface area (Å²) in [5, 5.41) is 4.71. The number of rotatable bonds is 8. The van der Waals surface area contributed by atoms with E-state index < -0.39 is 0 Å². The zero-order valence-electron chi connectivity index (χ0n) is 13.8. The van der Waals surface area contributed by atoms with Gasteiger partial charge in [0.2, 0.25) is 0 Å². The largest absolute Gasteiger partial charge is 0.383 e. The number of nitrogens with one attached hydrogen (secondary N) is 1. The van der Waals surface area contributed by atoms with Gasteiger partial charge in [-0.05, 0) is 34.6 Å². The van der Waals surface area contributed by atoms with E-state index in [4.69, 9.17) is 14.5 Å². The Hall–Kier alpha value is -0.490. The summed E-state index contributed by atoms with van der Waals surface area (Å²) in [6.45, 7) is 12.1. The van der Waals surface area contributed by atoms with E-state index in [1.807, 2.05) is 0 Å². The molecule has 4 nitrogen and oxygen atoms in total. The number of nitrogens with zero attached hydrogens (tertiary/aromatic N) is 1. The van der Waals surface area contributed by atoms with Crippen LogP contribution in [0.1, 0.15) is 42.8 Å². The van der Waals surface area contributed by atoms with E-state index in [-0.39, 0.29) is 11.1 Å². The second-order valence-electron chi connectivity index (χ2n) is 6.05. The van der Waals surface area contributed by atoms with Gasteiger partial charge in [0.1, 0.15) is 5.01 Å². The maximum Gasteiger partial charge on any atom is 0.113 e. The van der Waals surface area contributed by atoms with Crippen LogP contribution in [0.5, 0.6) is 0 Å². The highest BCUT2D eigenvalue weighted by atomic mass is 32.1. The fraction of sp³-hybridized carbons (Fsp3) is 0.800. The van der Waals surface area contributed by atoms with Gasteiger partial charge in [0.05, 0.1) is 23.4 Å². The van der Waals surface area contributed by atoms with E-state index in [1.54, 1.807) is 25.6 Å². The first-order chi connectivity index (χ1) is 9.24. The van der Waals surface area contributed by atoms with Crippen molar-refractivity contribution in [3.05, 3.63) is 15.6 Å². The molecule has 1 heterocycles. The van der Waals surface area contributed by atoms with Gasteiger partial charge in [-0.15, -0.1) is 11.3 Å². The van der Waals surface area contributed by atoms with Crippen LogP contribution in [0.3, 0.4) is 0 Å². The molecule has 1 aromatic rings. The van der Waals surface area contributed by atoms with E-state index in [1.165, 1.54) is 4.88 Å². The predicted octanol–water partition coefficient (Wildman–Crippen LogP) is 3.03. The minimum absolute atomic E-state index is 0.206. The standard InChI is InChI=1S/C15H28N2O2S/c1-11-12(2)20-13(17-11)15(5,16-8-9-18-6)10-14(3,4)19-7/h16H,8-10H2,1-7H3. The Bertz CT molecular complexity index is 412. The van der Waals surface area contributed by atoms with Crippen molar-refractivity contribution in [2.24, 2.45) is 0 Å². The fourth-order valence-corrected chi connectivity index (χ4v) is 3.31. The molecule has 0 bridgehead atoms. The van der Waals surface area contributed by atoms with E-state index in [9.17, 15) is 0 Å². The van der Waals surface area contributed by atoms with Crippen molar-refractivity contribution in [1.29, 1.82) is 0 Å². The summed E-state index contributed by atoms with van der Waals surface area (Å²) in [7, 11) is 3.48. The highest BCUT2D eigenvalue weighted by Crippen LogP contribution is 2.35. The summed E-state index contributed by atoms with van der Waals surface area (Å²) in [6, 6.07) is 0. The second kappa shape index (κ2) is 6.98. The van der Waals surface area contributed by atoms with Gasteiger partial charge in [-0.1, -0.05) is 0 Å². The molecule has 0 aliphatic rings. The lowest BCUT2D eigenvalue weighted by Gasteiger charge is -2.36. The molecule has 20 heavy (non-hydrogen) atoms. The maximum atomic E-state index is 5.60. The Balaban J connectivity index is 2.99. The first-order valence-electron chi connectivity index (χ1n) is 6.98. The number of hydrogen-bond donors (Lipinski definition) is 1. The van der Waals surface area contributed by atoms with Gasteiger partial charge >= 0.3 is 0 Å². The van der Waals surface area contributed by atoms with Crippen molar-refractivity contribution < 1.29 is 9.47 Å². The lowest BCUT2D eigenvalue weighted by atomic mass is 9.88. The predicted molar refractivity (Wildman–Crippen MR) is 84.5 cm³/mol. The first kappa shape index (κ1) is 17.6. The Labute approximate surface area is 126 Å². The summed E-state index contributed by atoms with van der Waals surface area (Å²) in [5.74, 6) is 0. The maximum absolute atomic E-state index is 5.60. The number of aromatic nitrogens is 1. The van der Waals surface area contributed by atoms with Crippen molar-refractivity contribution in [2.75, 3.05) is 27.4 Å². The number of aryl methyl sites for hydroxylation is 2. The monoisotopic (exact) mass is 300 g/mol. The fourth-order valence-electron chi connectivity index (χ4n) is 2.28. The average molecular weight is 300 g/mol. The van der Waals surface area contributed by atoms with E-state index >= 15 is 0 Å². The number of hydrogen-bond acceptors (Lipinski definition) is 5. The third-order valence-corrected chi connectivity index (χ3v) is 4.99. The Morgan fingerprint density at radius 2 is 1.85 bits per heavy atom. The molecule has 1 atom stereocenters. The van der Waals surface area contributed by atoms with Gasteiger partial charge in [0.25, 0.3) is 0 Å². The van der Waals surface area contributed by atoms with E-state index in [0.29, 0.717) is 6.61 Å². The summed E-state index contributed by atoms with van der Waals surface area (Å²) >= 11 is 1.76. The van der Waals surface area contributed by atoms with Gasteiger partial charge in [-0.2, -0.15) is 0 Å². The third kappa shape index (κ3) is 4.52. The molecule has 1 unspecified atom stereocenters. The Morgan fingerprint density at radius 3 is 2.30 bits per heavy atom.